The third-order valence-electron chi connectivity index (χ3n) is 4.65. The smallest absolute Gasteiger partial charge is 0.247 e. The van der Waals surface area contributed by atoms with Crippen molar-refractivity contribution in [3.63, 3.8) is 0 Å². The molecule has 8 heteroatoms. The lowest BCUT2D eigenvalue weighted by atomic mass is 9.99. The van der Waals surface area contributed by atoms with Crippen molar-refractivity contribution >= 4 is 29.5 Å². The normalized spacial score (nSPS) is 18.6. The summed E-state index contributed by atoms with van der Waals surface area (Å²) in [6, 6.07) is 7.37. The Kier molecular flexibility index (Phi) is 6.86. The monoisotopic (exact) mass is 400 g/mol. The molecule has 3 amide bonds. The van der Waals surface area contributed by atoms with E-state index in [1.54, 1.807) is 24.3 Å². The van der Waals surface area contributed by atoms with Crippen molar-refractivity contribution < 1.29 is 14.4 Å². The van der Waals surface area contributed by atoms with E-state index in [0.717, 1.165) is 5.56 Å². The van der Waals surface area contributed by atoms with Crippen LogP contribution in [0.1, 0.15) is 25.0 Å². The number of nitrogens with zero attached hydrogens (tertiary/aromatic N) is 2. The SMILES string of the molecule is C=CC(=O)N1CSC(C)(C)[C@H]1C(=O)N[C@@H](Cc1ccc(C#N)cc1)C(=O)NC. The van der Waals surface area contributed by atoms with Crippen molar-refractivity contribution in [2.75, 3.05) is 12.9 Å². The van der Waals surface area contributed by atoms with Gasteiger partial charge in [0.05, 0.1) is 17.5 Å². The second-order valence-electron chi connectivity index (χ2n) is 6.98. The number of rotatable bonds is 6. The van der Waals surface area contributed by atoms with Gasteiger partial charge in [-0.1, -0.05) is 18.7 Å². The van der Waals surface area contributed by atoms with Crippen molar-refractivity contribution in [1.82, 2.24) is 15.5 Å². The van der Waals surface area contributed by atoms with Gasteiger partial charge >= 0.3 is 0 Å². The first-order chi connectivity index (χ1) is 13.2. The van der Waals surface area contributed by atoms with Gasteiger partial charge in [0.2, 0.25) is 17.7 Å². The highest BCUT2D eigenvalue weighted by atomic mass is 32.2. The first-order valence-electron chi connectivity index (χ1n) is 8.81. The zero-order valence-electron chi connectivity index (χ0n) is 16.2. The van der Waals surface area contributed by atoms with E-state index in [0.29, 0.717) is 11.4 Å². The number of benzene rings is 1. The molecule has 28 heavy (non-hydrogen) atoms. The average Bonchev–Trinajstić information content (AvgIpc) is 3.01. The van der Waals surface area contributed by atoms with Crippen LogP contribution in [0.2, 0.25) is 0 Å². The zero-order valence-corrected chi connectivity index (χ0v) is 17.0. The van der Waals surface area contributed by atoms with Crippen molar-refractivity contribution in [2.45, 2.75) is 37.1 Å². The van der Waals surface area contributed by atoms with Crippen LogP contribution in [-0.4, -0.2) is 52.4 Å². The fourth-order valence-electron chi connectivity index (χ4n) is 3.12. The maximum atomic E-state index is 13.0. The van der Waals surface area contributed by atoms with Crippen LogP contribution in [0.25, 0.3) is 0 Å². The molecule has 148 valence electrons. The Morgan fingerprint density at radius 3 is 2.57 bits per heavy atom. The molecule has 1 aliphatic heterocycles. The number of thioether (sulfide) groups is 1. The minimum Gasteiger partial charge on any atom is -0.357 e. The maximum Gasteiger partial charge on any atom is 0.247 e. The highest BCUT2D eigenvalue weighted by Gasteiger charge is 2.47. The number of nitriles is 1. The molecule has 0 unspecified atom stereocenters. The molecule has 0 aromatic heterocycles. The Balaban J connectivity index is 2.21. The van der Waals surface area contributed by atoms with Gasteiger partial charge in [-0.15, -0.1) is 11.8 Å². The molecular weight excluding hydrogens is 376 g/mol. The molecule has 2 atom stereocenters. The van der Waals surface area contributed by atoms with Gasteiger partial charge in [-0.25, -0.2) is 0 Å². The number of amides is 3. The number of carbonyl (C=O) groups is 3. The summed E-state index contributed by atoms with van der Waals surface area (Å²) in [6.07, 6.45) is 1.46. The molecule has 2 N–H and O–H groups in total. The largest absolute Gasteiger partial charge is 0.357 e. The molecule has 1 saturated heterocycles. The van der Waals surface area contributed by atoms with Crippen molar-refractivity contribution in [2.24, 2.45) is 0 Å². The fraction of sp³-hybridized carbons (Fsp3) is 0.400. The molecule has 1 fully saturated rings. The topological polar surface area (TPSA) is 102 Å². The van der Waals surface area contributed by atoms with Gasteiger partial charge in [-0.2, -0.15) is 5.26 Å². The molecular formula is C20H24N4O3S. The number of nitrogens with one attached hydrogen (secondary N) is 2. The minimum absolute atomic E-state index is 0.271. The Labute approximate surface area is 169 Å². The van der Waals surface area contributed by atoms with E-state index in [1.165, 1.54) is 29.8 Å². The van der Waals surface area contributed by atoms with Gasteiger partial charge in [0, 0.05) is 18.2 Å². The van der Waals surface area contributed by atoms with Crippen LogP contribution >= 0.6 is 11.8 Å². The highest BCUT2D eigenvalue weighted by molar-refractivity contribution is 8.00. The van der Waals surface area contributed by atoms with E-state index in [9.17, 15) is 14.4 Å². The van der Waals surface area contributed by atoms with Gasteiger partial charge < -0.3 is 15.5 Å². The lowest BCUT2D eigenvalue weighted by Gasteiger charge is -2.31. The highest BCUT2D eigenvalue weighted by Crippen LogP contribution is 2.39. The van der Waals surface area contributed by atoms with E-state index in [-0.39, 0.29) is 24.1 Å². The first-order valence-corrected chi connectivity index (χ1v) is 9.80. The number of hydrogen-bond donors (Lipinski definition) is 2. The minimum atomic E-state index is -0.799. The van der Waals surface area contributed by atoms with Gasteiger partial charge in [-0.05, 0) is 37.6 Å². The second-order valence-corrected chi connectivity index (χ2v) is 8.58. The predicted octanol–water partition coefficient (Wildman–Crippen LogP) is 1.20. The molecule has 1 aromatic rings. The van der Waals surface area contributed by atoms with Crippen LogP contribution in [0, 0.1) is 11.3 Å². The Hall–Kier alpha value is -2.79. The third-order valence-corrected chi connectivity index (χ3v) is 6.03. The molecule has 0 radical (unpaired) electrons. The van der Waals surface area contributed by atoms with E-state index >= 15 is 0 Å². The predicted molar refractivity (Wildman–Crippen MR) is 108 cm³/mol. The molecule has 0 bridgehead atoms. The van der Waals surface area contributed by atoms with Gasteiger partial charge in [-0.3, -0.25) is 14.4 Å². The molecule has 0 saturated carbocycles. The van der Waals surface area contributed by atoms with E-state index in [1.807, 2.05) is 19.9 Å². The molecule has 1 heterocycles. The summed E-state index contributed by atoms with van der Waals surface area (Å²) in [5, 5.41) is 14.3. The van der Waals surface area contributed by atoms with E-state index in [4.69, 9.17) is 5.26 Å². The van der Waals surface area contributed by atoms with E-state index in [2.05, 4.69) is 17.2 Å². The lowest BCUT2D eigenvalue weighted by Crippen LogP contribution is -2.57. The van der Waals surface area contributed by atoms with Crippen LogP contribution < -0.4 is 10.6 Å². The Morgan fingerprint density at radius 2 is 2.04 bits per heavy atom. The summed E-state index contributed by atoms with van der Waals surface area (Å²) in [4.78, 5) is 39.0. The number of hydrogen-bond acceptors (Lipinski definition) is 5. The van der Waals surface area contributed by atoms with Crippen LogP contribution in [0.15, 0.2) is 36.9 Å². The quantitative estimate of drug-likeness (QED) is 0.699. The van der Waals surface area contributed by atoms with Crippen molar-refractivity contribution in [3.8, 4) is 6.07 Å². The Bertz CT molecular complexity index is 814. The van der Waals surface area contributed by atoms with Gasteiger partial charge in [0.1, 0.15) is 12.1 Å². The summed E-state index contributed by atoms with van der Waals surface area (Å²) in [5.41, 5.74) is 1.33. The molecule has 0 spiro atoms. The van der Waals surface area contributed by atoms with Crippen LogP contribution in [0.5, 0.6) is 0 Å². The van der Waals surface area contributed by atoms with Crippen LogP contribution in [0.4, 0.5) is 0 Å². The molecule has 2 rings (SSSR count). The fourth-order valence-corrected chi connectivity index (χ4v) is 4.26. The zero-order chi connectivity index (χ0) is 20.9. The summed E-state index contributed by atoms with van der Waals surface area (Å²) >= 11 is 1.50. The standard InChI is InChI=1S/C20H24N4O3S/c1-5-16(25)24-12-28-20(2,3)17(24)19(27)23-15(18(26)22-4)10-13-6-8-14(11-21)9-7-13/h5-9,15,17H,1,10,12H2,2-4H3,(H,22,26)(H,23,27)/t15-,17+/m0/s1. The Morgan fingerprint density at radius 1 is 1.39 bits per heavy atom. The van der Waals surface area contributed by atoms with Crippen molar-refractivity contribution in [1.29, 1.82) is 5.26 Å². The average molecular weight is 401 g/mol. The number of carbonyl (C=O) groups excluding carboxylic acids is 3. The second kappa shape index (κ2) is 8.93. The summed E-state index contributed by atoms with van der Waals surface area (Å²) < 4.78 is -0.496. The van der Waals surface area contributed by atoms with Gasteiger partial charge in [0.25, 0.3) is 0 Å². The maximum absolute atomic E-state index is 13.0. The lowest BCUT2D eigenvalue weighted by molar-refractivity contribution is -0.137. The number of likely N-dealkylation sites (N-methyl/N-ethyl adjacent to an activating group) is 1. The molecule has 1 aromatic carbocycles. The van der Waals surface area contributed by atoms with Crippen molar-refractivity contribution in [3.05, 3.63) is 48.0 Å². The molecule has 7 nitrogen and oxygen atoms in total. The molecule has 1 aliphatic rings. The molecule has 0 aliphatic carbocycles. The van der Waals surface area contributed by atoms with Crippen LogP contribution in [0.3, 0.4) is 0 Å². The summed E-state index contributed by atoms with van der Waals surface area (Å²) in [6.45, 7) is 7.29. The van der Waals surface area contributed by atoms with Gasteiger partial charge in [0.15, 0.2) is 0 Å². The first kappa shape index (κ1) is 21.5. The summed E-state index contributed by atoms with van der Waals surface area (Å²) in [5.74, 6) is -0.645. The van der Waals surface area contributed by atoms with E-state index < -0.39 is 16.8 Å². The van der Waals surface area contributed by atoms with Crippen LogP contribution in [-0.2, 0) is 20.8 Å². The third kappa shape index (κ3) is 4.73. The summed E-state index contributed by atoms with van der Waals surface area (Å²) in [7, 11) is 1.50.